The molecule has 0 saturated carbocycles. The fourth-order valence-electron chi connectivity index (χ4n) is 1.66. The van der Waals surface area contributed by atoms with E-state index in [1.165, 1.54) is 0 Å². The Labute approximate surface area is 97.7 Å². The minimum absolute atomic E-state index is 0.291. The molecule has 0 aliphatic rings. The number of hydrogen-bond donors (Lipinski definition) is 2. The van der Waals surface area contributed by atoms with Crippen molar-refractivity contribution in [1.29, 1.82) is 0 Å². The minimum Gasteiger partial charge on any atom is -0.366 e. The molecule has 0 aliphatic carbocycles. The van der Waals surface area contributed by atoms with Gasteiger partial charge in [0, 0.05) is 24.3 Å². The van der Waals surface area contributed by atoms with Gasteiger partial charge in [-0.2, -0.15) is 0 Å². The first-order chi connectivity index (χ1) is 7.65. The van der Waals surface area contributed by atoms with E-state index in [1.54, 1.807) is 6.33 Å². The number of aromatic nitrogens is 2. The third-order valence-corrected chi connectivity index (χ3v) is 2.48. The molecule has 0 radical (unpaired) electrons. The Bertz CT molecular complexity index is 312. The second-order valence-electron chi connectivity index (χ2n) is 4.45. The lowest BCUT2D eigenvalue weighted by Crippen LogP contribution is -2.30. The third kappa shape index (κ3) is 4.14. The first-order valence-electron chi connectivity index (χ1n) is 5.93. The van der Waals surface area contributed by atoms with E-state index in [4.69, 9.17) is 5.73 Å². The highest BCUT2D eigenvalue weighted by Crippen LogP contribution is 2.11. The van der Waals surface area contributed by atoms with Gasteiger partial charge in [-0.25, -0.2) is 9.97 Å². The molecule has 3 N–H and O–H groups in total. The number of aryl methyl sites for hydroxylation is 1. The molecule has 4 heteroatoms. The van der Waals surface area contributed by atoms with Crippen molar-refractivity contribution in [3.05, 3.63) is 18.1 Å². The maximum Gasteiger partial charge on any atom is 0.129 e. The highest BCUT2D eigenvalue weighted by atomic mass is 15.0. The smallest absolute Gasteiger partial charge is 0.129 e. The van der Waals surface area contributed by atoms with E-state index in [0.717, 1.165) is 24.4 Å². The Morgan fingerprint density at radius 2 is 2.12 bits per heavy atom. The van der Waals surface area contributed by atoms with E-state index in [9.17, 15) is 0 Å². The topological polar surface area (TPSA) is 63.8 Å². The molecule has 90 valence electrons. The molecule has 4 nitrogen and oxygen atoms in total. The molecule has 16 heavy (non-hydrogen) atoms. The lowest BCUT2D eigenvalue weighted by Gasteiger charge is -2.19. The van der Waals surface area contributed by atoms with Crippen LogP contribution in [0, 0.1) is 5.92 Å². The molecule has 1 rings (SSSR count). The van der Waals surface area contributed by atoms with Gasteiger partial charge in [-0.1, -0.05) is 20.8 Å². The lowest BCUT2D eigenvalue weighted by molar-refractivity contribution is 0.521. The maximum atomic E-state index is 5.73. The summed E-state index contributed by atoms with van der Waals surface area (Å²) in [5.41, 5.74) is 6.79. The Balaban J connectivity index is 2.62. The van der Waals surface area contributed by atoms with Gasteiger partial charge in [0.25, 0.3) is 0 Å². The summed E-state index contributed by atoms with van der Waals surface area (Å²) in [5.74, 6) is 1.51. The third-order valence-electron chi connectivity index (χ3n) is 2.48. The molecular weight excluding hydrogens is 200 g/mol. The highest BCUT2D eigenvalue weighted by molar-refractivity contribution is 5.36. The van der Waals surface area contributed by atoms with E-state index in [1.807, 2.05) is 6.07 Å². The molecule has 1 unspecified atom stereocenters. The molecule has 1 atom stereocenters. The molecule has 0 spiro atoms. The van der Waals surface area contributed by atoms with E-state index in [-0.39, 0.29) is 0 Å². The average molecular weight is 222 g/mol. The summed E-state index contributed by atoms with van der Waals surface area (Å²) in [4.78, 5) is 8.37. The van der Waals surface area contributed by atoms with Crippen molar-refractivity contribution in [3.8, 4) is 0 Å². The van der Waals surface area contributed by atoms with Gasteiger partial charge in [-0.3, -0.25) is 0 Å². The fraction of sp³-hybridized carbons (Fsp3) is 0.667. The van der Waals surface area contributed by atoms with Crippen LogP contribution in [0.3, 0.4) is 0 Å². The molecule has 0 saturated heterocycles. The van der Waals surface area contributed by atoms with Gasteiger partial charge < -0.3 is 11.1 Å². The van der Waals surface area contributed by atoms with Crippen molar-refractivity contribution in [2.24, 2.45) is 11.7 Å². The van der Waals surface area contributed by atoms with Crippen LogP contribution in [0.1, 0.15) is 32.9 Å². The van der Waals surface area contributed by atoms with Gasteiger partial charge in [0.1, 0.15) is 12.1 Å². The van der Waals surface area contributed by atoms with Gasteiger partial charge in [0.2, 0.25) is 0 Å². The summed E-state index contributed by atoms with van der Waals surface area (Å²) in [6.45, 7) is 7.11. The Kier molecular flexibility index (Phi) is 5.19. The van der Waals surface area contributed by atoms with Crippen molar-refractivity contribution < 1.29 is 0 Å². The molecule has 0 fully saturated rings. The first kappa shape index (κ1) is 12.9. The molecule has 0 bridgehead atoms. The summed E-state index contributed by atoms with van der Waals surface area (Å²) >= 11 is 0. The lowest BCUT2D eigenvalue weighted by atomic mass is 10.0. The normalized spacial score (nSPS) is 12.8. The van der Waals surface area contributed by atoms with E-state index < -0.39 is 0 Å². The summed E-state index contributed by atoms with van der Waals surface area (Å²) in [6, 6.07) is 2.28. The van der Waals surface area contributed by atoms with Crippen LogP contribution >= 0.6 is 0 Å². The number of nitrogens with two attached hydrogens (primary N) is 1. The zero-order chi connectivity index (χ0) is 12.0. The van der Waals surface area contributed by atoms with Crippen LogP contribution in [0.5, 0.6) is 0 Å². The van der Waals surface area contributed by atoms with Crippen molar-refractivity contribution in [3.63, 3.8) is 0 Å². The van der Waals surface area contributed by atoms with Crippen LogP contribution < -0.4 is 11.1 Å². The maximum absolute atomic E-state index is 5.73. The number of hydrogen-bond acceptors (Lipinski definition) is 4. The van der Waals surface area contributed by atoms with Crippen molar-refractivity contribution in [2.75, 3.05) is 11.9 Å². The quantitative estimate of drug-likeness (QED) is 0.770. The zero-order valence-electron chi connectivity index (χ0n) is 10.4. The second-order valence-corrected chi connectivity index (χ2v) is 4.45. The molecule has 1 heterocycles. The van der Waals surface area contributed by atoms with Crippen molar-refractivity contribution in [2.45, 2.75) is 39.7 Å². The number of rotatable bonds is 6. The van der Waals surface area contributed by atoms with Gasteiger partial charge in [-0.05, 0) is 18.8 Å². The van der Waals surface area contributed by atoms with E-state index in [2.05, 4.69) is 36.1 Å². The Morgan fingerprint density at radius 1 is 1.38 bits per heavy atom. The van der Waals surface area contributed by atoms with Gasteiger partial charge in [0.15, 0.2) is 0 Å². The molecule has 0 aromatic carbocycles. The van der Waals surface area contributed by atoms with Crippen LogP contribution in [0.4, 0.5) is 5.82 Å². The molecule has 1 aromatic heterocycles. The predicted octanol–water partition coefficient (Wildman–Crippen LogP) is 1.82. The fourth-order valence-corrected chi connectivity index (χ4v) is 1.66. The van der Waals surface area contributed by atoms with Crippen molar-refractivity contribution in [1.82, 2.24) is 9.97 Å². The van der Waals surface area contributed by atoms with Crippen LogP contribution in [-0.4, -0.2) is 22.6 Å². The number of nitrogens with zero attached hydrogens (tertiary/aromatic N) is 2. The molecule has 0 aliphatic heterocycles. The van der Waals surface area contributed by atoms with E-state index in [0.29, 0.717) is 18.5 Å². The molecular formula is C12H22N4. The predicted molar refractivity (Wildman–Crippen MR) is 67.3 cm³/mol. The second kappa shape index (κ2) is 6.43. The van der Waals surface area contributed by atoms with Gasteiger partial charge in [0.05, 0.1) is 0 Å². The van der Waals surface area contributed by atoms with Crippen molar-refractivity contribution >= 4 is 5.82 Å². The van der Waals surface area contributed by atoms with E-state index >= 15 is 0 Å². The number of anilines is 1. The van der Waals surface area contributed by atoms with Crippen LogP contribution in [0.2, 0.25) is 0 Å². The largest absolute Gasteiger partial charge is 0.366 e. The van der Waals surface area contributed by atoms with Crippen LogP contribution in [0.15, 0.2) is 12.4 Å². The zero-order valence-corrected chi connectivity index (χ0v) is 10.4. The van der Waals surface area contributed by atoms with Crippen LogP contribution in [0.25, 0.3) is 0 Å². The Morgan fingerprint density at radius 3 is 2.69 bits per heavy atom. The Hall–Kier alpha value is -1.16. The standard InChI is InChI=1S/C12H22N4/c1-4-10-6-12(15-8-14-10)16-11(7-13)5-9(2)3/h6,8-9,11H,4-5,7,13H2,1-3H3,(H,14,15,16). The number of nitrogens with one attached hydrogen (secondary N) is 1. The first-order valence-corrected chi connectivity index (χ1v) is 5.93. The monoisotopic (exact) mass is 222 g/mol. The highest BCUT2D eigenvalue weighted by Gasteiger charge is 2.09. The van der Waals surface area contributed by atoms with Gasteiger partial charge in [-0.15, -0.1) is 0 Å². The van der Waals surface area contributed by atoms with Gasteiger partial charge >= 0.3 is 0 Å². The summed E-state index contributed by atoms with van der Waals surface area (Å²) < 4.78 is 0. The average Bonchev–Trinajstić information content (AvgIpc) is 2.28. The molecule has 0 amide bonds. The summed E-state index contributed by atoms with van der Waals surface area (Å²) in [7, 11) is 0. The SMILES string of the molecule is CCc1cc(NC(CN)CC(C)C)ncn1. The minimum atomic E-state index is 0.291. The summed E-state index contributed by atoms with van der Waals surface area (Å²) in [6.07, 6.45) is 3.58. The van der Waals surface area contributed by atoms with Crippen LogP contribution in [-0.2, 0) is 6.42 Å². The molecule has 1 aromatic rings. The summed E-state index contributed by atoms with van der Waals surface area (Å²) in [5, 5.41) is 3.36.